The number of hydrogen-bond acceptors (Lipinski definition) is 2. The highest BCUT2D eigenvalue weighted by atomic mass is 19.4. The highest BCUT2D eigenvalue weighted by Gasteiger charge is 2.57. The fourth-order valence-electron chi connectivity index (χ4n) is 1.73. The summed E-state index contributed by atoms with van der Waals surface area (Å²) in [7, 11) is 0. The molecule has 0 saturated carbocycles. The molecule has 0 atom stereocenters. The highest BCUT2D eigenvalue weighted by molar-refractivity contribution is 5.94. The average molecular weight is 259 g/mol. The number of carbonyl (C=O) groups is 2. The molecule has 1 fully saturated rings. The molecule has 3 nitrogen and oxygen atoms in total. The Labute approximate surface area is 93.6 Å². The van der Waals surface area contributed by atoms with E-state index in [0.717, 1.165) is 13.8 Å². The fourth-order valence-corrected chi connectivity index (χ4v) is 1.73. The molecule has 1 saturated heterocycles. The lowest BCUT2D eigenvalue weighted by atomic mass is 9.80. The Morgan fingerprint density at radius 2 is 1.71 bits per heavy atom. The minimum absolute atomic E-state index is 0.0264. The molecule has 0 unspecified atom stereocenters. The average Bonchev–Trinajstić information content (AvgIpc) is 2.10. The first-order valence-corrected chi connectivity index (χ1v) is 4.67. The Balaban J connectivity index is 3.01. The van der Waals surface area contributed by atoms with Crippen LogP contribution in [0.2, 0.25) is 0 Å². The van der Waals surface area contributed by atoms with Crippen LogP contribution in [0.4, 0.5) is 22.0 Å². The van der Waals surface area contributed by atoms with Crippen molar-refractivity contribution < 1.29 is 31.5 Å². The van der Waals surface area contributed by atoms with Gasteiger partial charge in [-0.1, -0.05) is 13.8 Å². The molecule has 1 amide bonds. The standard InChI is InChI=1S/C9H10F5NO2/c1-7(2)3-15(6(17)9(12,13)14)4-8(10,11)5(7)16/h3-4H2,1-2H3. The third-order valence-electron chi connectivity index (χ3n) is 2.45. The molecule has 0 spiro atoms. The van der Waals surface area contributed by atoms with Crippen LogP contribution < -0.4 is 0 Å². The maximum Gasteiger partial charge on any atom is 0.471 e. The Morgan fingerprint density at radius 1 is 1.24 bits per heavy atom. The Hall–Kier alpha value is -1.21. The van der Waals surface area contributed by atoms with E-state index >= 15 is 0 Å². The van der Waals surface area contributed by atoms with Crippen LogP contribution in [0.5, 0.6) is 0 Å². The summed E-state index contributed by atoms with van der Waals surface area (Å²) in [6, 6.07) is 0. The van der Waals surface area contributed by atoms with Crippen molar-refractivity contribution in [1.29, 1.82) is 0 Å². The fraction of sp³-hybridized carbons (Fsp3) is 0.778. The molecule has 0 aromatic heterocycles. The minimum atomic E-state index is -5.22. The number of amides is 1. The highest BCUT2D eigenvalue weighted by Crippen LogP contribution is 2.36. The van der Waals surface area contributed by atoms with Crippen LogP contribution in [-0.4, -0.2) is 41.8 Å². The van der Waals surface area contributed by atoms with Crippen molar-refractivity contribution in [3.8, 4) is 0 Å². The zero-order chi connectivity index (χ0) is 13.6. The summed E-state index contributed by atoms with van der Waals surface area (Å²) < 4.78 is 62.7. The molecule has 0 aliphatic carbocycles. The van der Waals surface area contributed by atoms with Crippen molar-refractivity contribution in [2.75, 3.05) is 13.1 Å². The number of Topliss-reactive ketones (excluding diaryl/α,β-unsaturated/α-hetero) is 1. The van der Waals surface area contributed by atoms with Crippen molar-refractivity contribution in [2.45, 2.75) is 25.9 Å². The summed E-state index contributed by atoms with van der Waals surface area (Å²) in [6.45, 7) is -0.0223. The summed E-state index contributed by atoms with van der Waals surface area (Å²) >= 11 is 0. The van der Waals surface area contributed by atoms with Crippen LogP contribution in [0.3, 0.4) is 0 Å². The van der Waals surface area contributed by atoms with Gasteiger partial charge in [0, 0.05) is 12.0 Å². The van der Waals surface area contributed by atoms with Crippen molar-refractivity contribution in [3.63, 3.8) is 0 Å². The molecule has 0 aromatic rings. The van der Waals surface area contributed by atoms with E-state index in [9.17, 15) is 31.5 Å². The zero-order valence-corrected chi connectivity index (χ0v) is 9.07. The molecular formula is C9H10F5NO2. The number of likely N-dealkylation sites (tertiary alicyclic amines) is 1. The molecule has 0 aromatic carbocycles. The molecule has 98 valence electrons. The first-order valence-electron chi connectivity index (χ1n) is 4.67. The monoisotopic (exact) mass is 259 g/mol. The van der Waals surface area contributed by atoms with Crippen LogP contribution in [0.1, 0.15) is 13.8 Å². The predicted octanol–water partition coefficient (Wildman–Crippen LogP) is 1.62. The van der Waals surface area contributed by atoms with Crippen molar-refractivity contribution in [1.82, 2.24) is 4.90 Å². The van der Waals surface area contributed by atoms with Gasteiger partial charge < -0.3 is 4.90 Å². The van der Waals surface area contributed by atoms with Crippen LogP contribution in [-0.2, 0) is 9.59 Å². The van der Waals surface area contributed by atoms with Gasteiger partial charge in [0.25, 0.3) is 0 Å². The van der Waals surface area contributed by atoms with Crippen LogP contribution in [0.15, 0.2) is 0 Å². The van der Waals surface area contributed by atoms with Crippen molar-refractivity contribution >= 4 is 11.7 Å². The smallest absolute Gasteiger partial charge is 0.327 e. The minimum Gasteiger partial charge on any atom is -0.327 e. The van der Waals surface area contributed by atoms with Crippen LogP contribution in [0.25, 0.3) is 0 Å². The third-order valence-corrected chi connectivity index (χ3v) is 2.45. The van der Waals surface area contributed by atoms with Crippen molar-refractivity contribution in [3.05, 3.63) is 0 Å². The molecule has 1 heterocycles. The molecular weight excluding hydrogens is 249 g/mol. The van der Waals surface area contributed by atoms with E-state index in [4.69, 9.17) is 0 Å². The summed E-state index contributed by atoms with van der Waals surface area (Å²) in [5.41, 5.74) is -1.69. The van der Waals surface area contributed by atoms with Gasteiger partial charge in [-0.05, 0) is 0 Å². The number of halogens is 5. The largest absolute Gasteiger partial charge is 0.471 e. The first-order chi connectivity index (χ1) is 7.38. The topological polar surface area (TPSA) is 37.4 Å². The van der Waals surface area contributed by atoms with E-state index in [-0.39, 0.29) is 4.90 Å². The van der Waals surface area contributed by atoms with Gasteiger partial charge >= 0.3 is 18.0 Å². The maximum atomic E-state index is 13.2. The van der Waals surface area contributed by atoms with Gasteiger partial charge in [0.2, 0.25) is 5.78 Å². The molecule has 0 radical (unpaired) electrons. The maximum absolute atomic E-state index is 13.2. The van der Waals surface area contributed by atoms with E-state index in [2.05, 4.69) is 0 Å². The number of alkyl halides is 5. The van der Waals surface area contributed by atoms with Gasteiger partial charge in [-0.25, -0.2) is 0 Å². The van der Waals surface area contributed by atoms with E-state index in [1.165, 1.54) is 0 Å². The molecule has 0 bridgehead atoms. The van der Waals surface area contributed by atoms with Gasteiger partial charge in [-0.15, -0.1) is 0 Å². The zero-order valence-electron chi connectivity index (χ0n) is 9.07. The Morgan fingerprint density at radius 3 is 2.06 bits per heavy atom. The number of piperidine rings is 1. The van der Waals surface area contributed by atoms with Gasteiger partial charge in [0.15, 0.2) is 0 Å². The van der Waals surface area contributed by atoms with Gasteiger partial charge in [0.1, 0.15) is 0 Å². The number of rotatable bonds is 0. The van der Waals surface area contributed by atoms with E-state index < -0.39 is 42.3 Å². The quantitative estimate of drug-likeness (QED) is 0.620. The second-order valence-corrected chi connectivity index (χ2v) is 4.58. The van der Waals surface area contributed by atoms with E-state index in [1.54, 1.807) is 0 Å². The Kier molecular flexibility index (Phi) is 2.97. The first kappa shape index (κ1) is 13.9. The molecule has 1 aliphatic heterocycles. The lowest BCUT2D eigenvalue weighted by molar-refractivity contribution is -0.198. The lowest BCUT2D eigenvalue weighted by Gasteiger charge is -2.40. The predicted molar refractivity (Wildman–Crippen MR) is 46.4 cm³/mol. The van der Waals surface area contributed by atoms with E-state index in [1.807, 2.05) is 0 Å². The van der Waals surface area contributed by atoms with E-state index in [0.29, 0.717) is 0 Å². The normalized spacial score (nSPS) is 23.7. The second kappa shape index (κ2) is 3.64. The summed E-state index contributed by atoms with van der Waals surface area (Å²) in [6.07, 6.45) is -5.22. The lowest BCUT2D eigenvalue weighted by Crippen LogP contribution is -2.61. The van der Waals surface area contributed by atoms with Crippen LogP contribution >= 0.6 is 0 Å². The van der Waals surface area contributed by atoms with Gasteiger partial charge in [-0.3, -0.25) is 9.59 Å². The summed E-state index contributed by atoms with van der Waals surface area (Å²) in [4.78, 5) is 22.0. The summed E-state index contributed by atoms with van der Waals surface area (Å²) in [5.74, 6) is -7.74. The number of carbonyl (C=O) groups excluding carboxylic acids is 2. The number of ketones is 1. The number of hydrogen-bond donors (Lipinski definition) is 0. The molecule has 17 heavy (non-hydrogen) atoms. The van der Waals surface area contributed by atoms with Gasteiger partial charge in [0.05, 0.1) is 6.54 Å². The van der Waals surface area contributed by atoms with Gasteiger partial charge in [-0.2, -0.15) is 22.0 Å². The SMILES string of the molecule is CC1(C)CN(C(=O)C(F)(F)F)CC(F)(F)C1=O. The molecule has 8 heteroatoms. The summed E-state index contributed by atoms with van der Waals surface area (Å²) in [5, 5.41) is 0. The van der Waals surface area contributed by atoms with Crippen molar-refractivity contribution in [2.24, 2.45) is 5.41 Å². The molecule has 1 rings (SSSR count). The Bertz CT molecular complexity index is 341. The third kappa shape index (κ3) is 2.55. The van der Waals surface area contributed by atoms with Crippen LogP contribution in [0, 0.1) is 5.41 Å². The molecule has 0 N–H and O–H groups in total. The second-order valence-electron chi connectivity index (χ2n) is 4.58. The number of nitrogens with zero attached hydrogens (tertiary/aromatic N) is 1. The molecule has 1 aliphatic rings.